The number of hydrogen-bond donors (Lipinski definition) is 12. The van der Waals surface area contributed by atoms with Gasteiger partial charge in [-0.05, 0) is 237 Å². The highest BCUT2D eigenvalue weighted by molar-refractivity contribution is 9.10. The van der Waals surface area contributed by atoms with Gasteiger partial charge in [-0.2, -0.15) is 10.2 Å². The molecule has 12 N–H and O–H groups in total. The van der Waals surface area contributed by atoms with E-state index < -0.39 is 17.6 Å². The maximum atomic E-state index is 14.3. The van der Waals surface area contributed by atoms with Crippen molar-refractivity contribution in [2.75, 3.05) is 107 Å². The molecule has 1 saturated heterocycles. The number of carboxylic acid groups (broad SMARTS) is 1. The number of H-pyrrole nitrogens is 3. The van der Waals surface area contributed by atoms with E-state index in [1.165, 1.54) is 24.3 Å². The lowest BCUT2D eigenvalue weighted by molar-refractivity contribution is -0.137. The molecule has 17 rings (SSSR count). The van der Waals surface area contributed by atoms with Gasteiger partial charge in [-0.15, -0.1) is 15.7 Å². The summed E-state index contributed by atoms with van der Waals surface area (Å²) in [5.41, 5.74) is 22.6. The van der Waals surface area contributed by atoms with E-state index in [9.17, 15) is 37.1 Å². The number of methoxy groups -OCH3 is 2. The molecule has 1 fully saturated rings. The van der Waals surface area contributed by atoms with Crippen LogP contribution in [0.2, 0.25) is 0 Å². The Morgan fingerprint density at radius 3 is 1.66 bits per heavy atom. The van der Waals surface area contributed by atoms with Gasteiger partial charge in [0.1, 0.15) is 24.1 Å². The number of carbonyl (C=O) groups is 5. The normalized spacial score (nSPS) is 14.6. The summed E-state index contributed by atoms with van der Waals surface area (Å²) in [5, 5.41) is 47.7. The Morgan fingerprint density at radius 2 is 1.14 bits per heavy atom. The van der Waals surface area contributed by atoms with Crippen molar-refractivity contribution in [2.24, 2.45) is 5.92 Å². The van der Waals surface area contributed by atoms with Crippen LogP contribution in [-0.2, 0) is 25.6 Å². The van der Waals surface area contributed by atoms with E-state index in [0.29, 0.717) is 127 Å². The van der Waals surface area contributed by atoms with Gasteiger partial charge >= 0.3 is 5.97 Å². The van der Waals surface area contributed by atoms with Crippen LogP contribution in [0.3, 0.4) is 0 Å². The topological polar surface area (TPSA) is 347 Å². The number of rotatable bonds is 25. The maximum Gasteiger partial charge on any atom is 0.303 e. The number of halogens is 5. The van der Waals surface area contributed by atoms with Crippen LogP contribution >= 0.6 is 31.9 Å². The van der Waals surface area contributed by atoms with Crippen LogP contribution in [0.1, 0.15) is 117 Å². The van der Waals surface area contributed by atoms with Crippen molar-refractivity contribution < 1.29 is 61.2 Å². The molecule has 5 aliphatic rings. The minimum absolute atomic E-state index is 0.0390. The van der Waals surface area contributed by atoms with Crippen molar-refractivity contribution in [3.05, 3.63) is 263 Å². The first-order valence-electron chi connectivity index (χ1n) is 42.0. The first-order valence-corrected chi connectivity index (χ1v) is 43.6. The second-order valence-corrected chi connectivity index (χ2v) is 33.0. The van der Waals surface area contributed by atoms with E-state index in [4.69, 9.17) is 24.1 Å². The summed E-state index contributed by atoms with van der Waals surface area (Å²) >= 11 is 6.52. The number of anilines is 7. The molecule has 0 bridgehead atoms. The van der Waals surface area contributed by atoms with Crippen LogP contribution in [0.4, 0.5) is 53.2 Å². The van der Waals surface area contributed by atoms with Gasteiger partial charge in [0, 0.05) is 130 Å². The van der Waals surface area contributed by atoms with Crippen LogP contribution in [0.15, 0.2) is 167 Å². The molecule has 0 atom stereocenters. The number of carbonyl (C=O) groups excluding carboxylic acids is 4. The third kappa shape index (κ3) is 23.1. The van der Waals surface area contributed by atoms with Crippen molar-refractivity contribution in [3.63, 3.8) is 0 Å². The predicted molar refractivity (Wildman–Crippen MR) is 506 cm³/mol. The molecule has 10 heterocycles. The molecule has 0 unspecified atom stereocenters. The number of para-hydroxylation sites is 2. The molecule has 0 radical (unpaired) electrons. The molecule has 0 saturated carbocycles. The number of nitrogens with one attached hydrogen (secondary N) is 11. The van der Waals surface area contributed by atoms with Crippen LogP contribution in [0.5, 0.6) is 23.0 Å². The number of piperidine rings is 1. The second-order valence-electron chi connectivity index (χ2n) is 31.2. The number of likely N-dealkylation sites (N-methyl/N-ethyl adjacent to an activating group) is 1. The molecule has 5 aliphatic heterocycles. The molecule has 5 aromatic heterocycles. The number of aliphatic carboxylic acids is 1. The van der Waals surface area contributed by atoms with E-state index in [2.05, 4.69) is 147 Å². The average Bonchev–Trinajstić information content (AvgIpc) is 1.62. The number of aryl methyl sites for hydroxylation is 4. The fourth-order valence-corrected chi connectivity index (χ4v) is 16.1. The van der Waals surface area contributed by atoms with Crippen LogP contribution in [0, 0.1) is 64.9 Å². The molecule has 129 heavy (non-hydrogen) atoms. The third-order valence-electron chi connectivity index (χ3n) is 22.5. The van der Waals surface area contributed by atoms with Crippen molar-refractivity contribution in [3.8, 4) is 23.0 Å². The van der Waals surface area contributed by atoms with Gasteiger partial charge in [0.05, 0.1) is 73.4 Å². The number of carboxylic acids is 1. The number of nitrogens with zero attached hydrogens (tertiary/aromatic N) is 7. The molecule has 0 aliphatic carbocycles. The Labute approximate surface area is 761 Å². The summed E-state index contributed by atoms with van der Waals surface area (Å²) in [4.78, 5) is 74.3. The number of fused-ring (bicyclic) bond motifs is 5. The molecule has 670 valence electrons. The lowest BCUT2D eigenvalue weighted by Crippen LogP contribution is -2.37. The van der Waals surface area contributed by atoms with Gasteiger partial charge in [0.15, 0.2) is 34.6 Å². The monoisotopic (exact) mass is 1880 g/mol. The Balaban J connectivity index is 0.000000139. The highest BCUT2D eigenvalue weighted by Gasteiger charge is 2.30. The van der Waals surface area contributed by atoms with Gasteiger partial charge in [0.25, 0.3) is 23.6 Å². The fraction of sp³-hybridized carbons (Fsp3) is 0.260. The molecule has 33 heteroatoms. The number of amides is 4. The lowest BCUT2D eigenvalue weighted by Gasteiger charge is -2.28. The number of aromatic nitrogens is 7. The number of ether oxygens (including phenoxy) is 4. The van der Waals surface area contributed by atoms with E-state index in [1.807, 2.05) is 132 Å². The Kier molecular flexibility index (Phi) is 30.9. The van der Waals surface area contributed by atoms with Crippen LogP contribution < -0.4 is 61.8 Å². The fourth-order valence-electron chi connectivity index (χ4n) is 15.4. The summed E-state index contributed by atoms with van der Waals surface area (Å²) in [6.07, 6.45) is 15.2. The third-order valence-corrected chi connectivity index (χ3v) is 23.5. The minimum atomic E-state index is -0.811. The molecule has 0 spiro atoms. The summed E-state index contributed by atoms with van der Waals surface area (Å²) in [6.45, 7) is 22.9. The van der Waals surface area contributed by atoms with E-state index in [0.717, 1.165) is 146 Å². The summed E-state index contributed by atoms with van der Waals surface area (Å²) in [6, 6.07) is 38.5. The van der Waals surface area contributed by atoms with Crippen molar-refractivity contribution in [1.82, 2.24) is 66.4 Å². The highest BCUT2D eigenvalue weighted by Crippen LogP contribution is 2.41. The standard InChI is InChI=1S/C22H24BrFN4O2.C22H27FN4O2.C19H18BrFN6O2.C18H18N2O3.C15H14N2O/c1-28-7-5-14(6-8-28)13-30-21-9-15-12-25-27-22(17(15)11-20(21)29-2)26-19-4-3-16(23)10-18(19)24;1-5-27(6-2)10-9-24-22(29)20-13(3)19(25-14(20)4)12-17-16-11-15(23)7-8-18(16)26-21(17)28;1-28-17-10-14-12(8-18(17)29-7-6-27-5-4-22-26-27)11-23-25-19(14)24-16-3-2-13(20)9-15(16)21;1-10-12(7-8-17(21)22)11(2)19-16(10)9-14-13-5-3-4-6-15(13)20-18(14)23;1-9-7-10(2)16-14(9)8-12-11-5-3-4-6-13(11)17-15(12)18/h3-4,9-12,14H,5-8,13H2,1-2H3,(H,26,27);7-8,11-12,25H,5-6,9-10H2,1-4H3,(H,24,29)(H,26,28);2-5,8-11,22,26H,6-7H2,1H3,(H,24,25);3-6,9,19H,7-8H2,1-2H3,(H,20,23)(H,21,22);3-8,16H,1-2H3,(H,17,18)/b;17-12-;;14-9-;12-8-. The number of hydrazine groups is 2. The first kappa shape index (κ1) is 93.1. The largest absolute Gasteiger partial charge is 0.493 e. The maximum absolute atomic E-state index is 14.3. The Morgan fingerprint density at radius 1 is 0.612 bits per heavy atom. The van der Waals surface area contributed by atoms with Gasteiger partial charge in [0.2, 0.25) is 0 Å². The SMILES string of the molecule is CCN(CC)CCNC(=O)c1c(C)[nH]c(/C=C2\C(=O)Nc3ccc(F)cc32)c1C.COc1cc2c(Nc3ccc(Br)cc3F)nncc2cc1OCC1CCN(C)CC1.COc1cc2c(Nc3ccc(Br)cc3F)nncc2cc1OCCN1C=CNN1.Cc1[nH]c(/C=C2\C(=O)Nc3ccccc32)c(C)c1CCC(=O)O.Cc1cc(C)c(/C=C2\C(=O)Nc3ccccc32)[nH]1. The molecule has 7 aromatic carbocycles. The number of likely N-dealkylation sites (tertiary alicyclic amines) is 1. The number of aromatic amines is 3. The quantitative estimate of drug-likeness (QED) is 0.0237. The zero-order chi connectivity index (χ0) is 91.7. The summed E-state index contributed by atoms with van der Waals surface area (Å²) < 4.78 is 66.5. The molecular formula is C96H101Br2F3N18O10. The lowest BCUT2D eigenvalue weighted by atomic mass is 9.98. The first-order chi connectivity index (χ1) is 62.1. The van der Waals surface area contributed by atoms with Crippen LogP contribution in [0.25, 0.3) is 56.5 Å². The molecule has 12 aromatic rings. The van der Waals surface area contributed by atoms with Crippen molar-refractivity contribution in [2.45, 2.75) is 81.1 Å². The van der Waals surface area contributed by atoms with Gasteiger partial charge < -0.3 is 86.1 Å². The molecule has 4 amide bonds. The van der Waals surface area contributed by atoms with E-state index in [1.54, 1.807) is 75.3 Å². The Hall–Kier alpha value is -13.6. The smallest absolute Gasteiger partial charge is 0.303 e. The Bertz CT molecular complexity index is 6310. The predicted octanol–water partition coefficient (Wildman–Crippen LogP) is 18.1. The van der Waals surface area contributed by atoms with Gasteiger partial charge in [-0.25, -0.2) is 13.2 Å². The average molecular weight is 1880 g/mol. The zero-order valence-electron chi connectivity index (χ0n) is 73.2. The highest BCUT2D eigenvalue weighted by atomic mass is 79.9. The molecule has 28 nitrogen and oxygen atoms in total. The van der Waals surface area contributed by atoms with Crippen molar-refractivity contribution >= 4 is 158 Å². The van der Waals surface area contributed by atoms with Gasteiger partial charge in [-0.3, -0.25) is 29.0 Å². The zero-order valence-corrected chi connectivity index (χ0v) is 76.3. The van der Waals surface area contributed by atoms with E-state index in [-0.39, 0.29) is 35.9 Å². The van der Waals surface area contributed by atoms with Crippen LogP contribution in [-0.4, -0.2) is 165 Å². The minimum Gasteiger partial charge on any atom is -0.493 e. The van der Waals surface area contributed by atoms with Gasteiger partial charge in [-0.1, -0.05) is 82.1 Å². The van der Waals surface area contributed by atoms with E-state index >= 15 is 0 Å². The second kappa shape index (κ2) is 42.8. The molecular weight excluding hydrogens is 1780 g/mol. The van der Waals surface area contributed by atoms with Crippen molar-refractivity contribution in [1.29, 1.82) is 0 Å². The number of benzene rings is 7. The summed E-state index contributed by atoms with van der Waals surface area (Å²) in [7, 11) is 5.33. The summed E-state index contributed by atoms with van der Waals surface area (Å²) in [5.74, 6) is 1.25. The number of hydrogen-bond acceptors (Lipinski definition) is 20.